The Morgan fingerprint density at radius 2 is 1.74 bits per heavy atom. The Morgan fingerprint density at radius 3 is 2.48 bits per heavy atom. The molecular weight excluding hydrogens is 284 g/mol. The lowest BCUT2D eigenvalue weighted by Gasteiger charge is -2.21. The predicted octanol–water partition coefficient (Wildman–Crippen LogP) is 3.77. The maximum Gasteiger partial charge on any atom is 0.145 e. The van der Waals surface area contributed by atoms with Crippen LogP contribution in [0.2, 0.25) is 0 Å². The van der Waals surface area contributed by atoms with Crippen LogP contribution in [0, 0.1) is 6.92 Å². The smallest absolute Gasteiger partial charge is 0.145 e. The van der Waals surface area contributed by atoms with Gasteiger partial charge in [-0.05, 0) is 44.0 Å². The molecule has 23 heavy (non-hydrogen) atoms. The number of nitrogens with zero attached hydrogens (tertiary/aromatic N) is 3. The molecule has 1 fully saturated rings. The fraction of sp³-hybridized carbons (Fsp3) is 0.474. The first kappa shape index (κ1) is 15.9. The van der Waals surface area contributed by atoms with E-state index in [0.29, 0.717) is 0 Å². The van der Waals surface area contributed by atoms with Crippen molar-refractivity contribution in [1.29, 1.82) is 0 Å². The van der Waals surface area contributed by atoms with Gasteiger partial charge in [-0.1, -0.05) is 37.1 Å². The number of anilines is 1. The second kappa shape index (κ2) is 8.06. The van der Waals surface area contributed by atoms with Gasteiger partial charge in [-0.15, -0.1) is 0 Å². The van der Waals surface area contributed by atoms with Crippen molar-refractivity contribution in [2.45, 2.75) is 45.7 Å². The van der Waals surface area contributed by atoms with Crippen LogP contribution in [0.3, 0.4) is 0 Å². The van der Waals surface area contributed by atoms with Gasteiger partial charge in [0.1, 0.15) is 5.82 Å². The zero-order valence-corrected chi connectivity index (χ0v) is 14.0. The van der Waals surface area contributed by atoms with Gasteiger partial charge >= 0.3 is 0 Å². The molecule has 1 saturated heterocycles. The SMILES string of the molecule is Cc1cncc(NCc2ccccc2CN2CCCCCC2)n1. The second-order valence-electron chi connectivity index (χ2n) is 6.36. The Hall–Kier alpha value is -1.94. The van der Waals surface area contributed by atoms with Crippen LogP contribution in [0.5, 0.6) is 0 Å². The molecule has 0 radical (unpaired) electrons. The number of aromatic nitrogens is 2. The van der Waals surface area contributed by atoms with Gasteiger partial charge in [-0.25, -0.2) is 4.98 Å². The third-order valence-electron chi connectivity index (χ3n) is 4.43. The number of hydrogen-bond acceptors (Lipinski definition) is 4. The summed E-state index contributed by atoms with van der Waals surface area (Å²) in [5, 5.41) is 3.40. The van der Waals surface area contributed by atoms with Crippen molar-refractivity contribution in [3.05, 3.63) is 53.5 Å². The minimum absolute atomic E-state index is 0.794. The Kier molecular flexibility index (Phi) is 5.59. The lowest BCUT2D eigenvalue weighted by atomic mass is 10.1. The third kappa shape index (κ3) is 4.76. The molecule has 3 rings (SSSR count). The van der Waals surface area contributed by atoms with Crippen LogP contribution in [0.1, 0.15) is 42.5 Å². The maximum atomic E-state index is 4.46. The van der Waals surface area contributed by atoms with Crippen molar-refractivity contribution < 1.29 is 0 Å². The zero-order chi connectivity index (χ0) is 15.9. The molecule has 0 atom stereocenters. The molecule has 2 heterocycles. The molecular formula is C19H26N4. The molecule has 1 aromatic carbocycles. The van der Waals surface area contributed by atoms with Gasteiger partial charge in [0.25, 0.3) is 0 Å². The van der Waals surface area contributed by atoms with E-state index in [-0.39, 0.29) is 0 Å². The Bertz CT molecular complexity index is 618. The first-order valence-corrected chi connectivity index (χ1v) is 8.63. The minimum Gasteiger partial charge on any atom is -0.365 e. The average molecular weight is 310 g/mol. The molecule has 1 N–H and O–H groups in total. The van der Waals surface area contributed by atoms with Crippen LogP contribution in [-0.2, 0) is 13.1 Å². The van der Waals surface area contributed by atoms with Crippen molar-refractivity contribution in [2.24, 2.45) is 0 Å². The highest BCUT2D eigenvalue weighted by molar-refractivity contribution is 5.36. The van der Waals surface area contributed by atoms with Crippen molar-refractivity contribution in [3.63, 3.8) is 0 Å². The summed E-state index contributed by atoms with van der Waals surface area (Å²) >= 11 is 0. The molecule has 0 spiro atoms. The van der Waals surface area contributed by atoms with Crippen LogP contribution in [-0.4, -0.2) is 28.0 Å². The van der Waals surface area contributed by atoms with Crippen molar-refractivity contribution in [1.82, 2.24) is 14.9 Å². The number of nitrogens with one attached hydrogen (secondary N) is 1. The molecule has 1 aliphatic rings. The summed E-state index contributed by atoms with van der Waals surface area (Å²) in [6.07, 6.45) is 8.99. The summed E-state index contributed by atoms with van der Waals surface area (Å²) in [4.78, 5) is 11.2. The summed E-state index contributed by atoms with van der Waals surface area (Å²) < 4.78 is 0. The van der Waals surface area contributed by atoms with Gasteiger partial charge in [-0.3, -0.25) is 9.88 Å². The number of likely N-dealkylation sites (tertiary alicyclic amines) is 1. The van der Waals surface area contributed by atoms with Gasteiger partial charge in [0, 0.05) is 19.3 Å². The quantitative estimate of drug-likeness (QED) is 0.912. The van der Waals surface area contributed by atoms with E-state index in [1.165, 1.54) is 49.9 Å². The number of rotatable bonds is 5. The largest absolute Gasteiger partial charge is 0.365 e. The Balaban J connectivity index is 1.65. The molecule has 4 heteroatoms. The molecule has 2 aromatic rings. The molecule has 0 amide bonds. The Labute approximate surface area is 139 Å². The van der Waals surface area contributed by atoms with E-state index in [1.54, 1.807) is 12.4 Å². The zero-order valence-electron chi connectivity index (χ0n) is 14.0. The van der Waals surface area contributed by atoms with Crippen LogP contribution in [0.25, 0.3) is 0 Å². The normalized spacial score (nSPS) is 16.0. The molecule has 1 aromatic heterocycles. The van der Waals surface area contributed by atoms with Gasteiger partial charge in [-0.2, -0.15) is 0 Å². The highest BCUT2D eigenvalue weighted by Crippen LogP contribution is 2.17. The molecule has 0 saturated carbocycles. The van der Waals surface area contributed by atoms with Crippen molar-refractivity contribution in [3.8, 4) is 0 Å². The van der Waals surface area contributed by atoms with Crippen LogP contribution >= 0.6 is 0 Å². The predicted molar refractivity (Wildman–Crippen MR) is 94.3 cm³/mol. The summed E-state index contributed by atoms with van der Waals surface area (Å²) in [6.45, 7) is 6.27. The van der Waals surface area contributed by atoms with Gasteiger partial charge in [0.15, 0.2) is 0 Å². The fourth-order valence-corrected chi connectivity index (χ4v) is 3.15. The van der Waals surface area contributed by atoms with Crippen molar-refractivity contribution >= 4 is 5.82 Å². The van der Waals surface area contributed by atoms with E-state index in [4.69, 9.17) is 0 Å². The van der Waals surface area contributed by atoms with E-state index in [9.17, 15) is 0 Å². The summed E-state index contributed by atoms with van der Waals surface area (Å²) in [5.41, 5.74) is 3.70. The topological polar surface area (TPSA) is 41.1 Å². The molecule has 4 nitrogen and oxygen atoms in total. The van der Waals surface area contributed by atoms with Crippen LogP contribution < -0.4 is 5.32 Å². The first-order chi connectivity index (χ1) is 11.3. The molecule has 0 unspecified atom stereocenters. The first-order valence-electron chi connectivity index (χ1n) is 8.63. The van der Waals surface area contributed by atoms with Gasteiger partial charge < -0.3 is 5.32 Å². The monoisotopic (exact) mass is 310 g/mol. The van der Waals surface area contributed by atoms with E-state index < -0.39 is 0 Å². The molecule has 122 valence electrons. The maximum absolute atomic E-state index is 4.46. The van der Waals surface area contributed by atoms with Gasteiger partial charge in [0.2, 0.25) is 0 Å². The summed E-state index contributed by atoms with van der Waals surface area (Å²) in [7, 11) is 0. The number of benzene rings is 1. The average Bonchev–Trinajstić information content (AvgIpc) is 2.83. The van der Waals surface area contributed by atoms with E-state index in [1.807, 2.05) is 6.92 Å². The molecule has 0 aliphatic carbocycles. The standard InChI is InChI=1S/C19H26N4/c1-16-12-20-14-19(22-16)21-13-17-8-4-5-9-18(17)15-23-10-6-2-3-7-11-23/h4-5,8-9,12,14H,2-3,6-7,10-11,13,15H2,1H3,(H,21,22). The van der Waals surface area contributed by atoms with E-state index in [2.05, 4.69) is 44.5 Å². The highest BCUT2D eigenvalue weighted by atomic mass is 15.1. The highest BCUT2D eigenvalue weighted by Gasteiger charge is 2.11. The molecule has 1 aliphatic heterocycles. The summed E-state index contributed by atoms with van der Waals surface area (Å²) in [6, 6.07) is 8.72. The number of aryl methyl sites for hydroxylation is 1. The minimum atomic E-state index is 0.794. The lowest BCUT2D eigenvalue weighted by molar-refractivity contribution is 0.276. The lowest BCUT2D eigenvalue weighted by Crippen LogP contribution is -2.24. The second-order valence-corrected chi connectivity index (χ2v) is 6.36. The third-order valence-corrected chi connectivity index (χ3v) is 4.43. The van der Waals surface area contributed by atoms with Crippen LogP contribution in [0.15, 0.2) is 36.7 Å². The summed E-state index contributed by atoms with van der Waals surface area (Å²) in [5.74, 6) is 0.842. The van der Waals surface area contributed by atoms with E-state index in [0.717, 1.165) is 24.6 Å². The number of hydrogen-bond donors (Lipinski definition) is 1. The van der Waals surface area contributed by atoms with Crippen LogP contribution in [0.4, 0.5) is 5.82 Å². The Morgan fingerprint density at radius 1 is 1.00 bits per heavy atom. The van der Waals surface area contributed by atoms with Crippen molar-refractivity contribution in [2.75, 3.05) is 18.4 Å². The fourth-order valence-electron chi connectivity index (χ4n) is 3.15. The van der Waals surface area contributed by atoms with Gasteiger partial charge in [0.05, 0.1) is 11.9 Å². The van der Waals surface area contributed by atoms with E-state index >= 15 is 0 Å². The molecule has 0 bridgehead atoms.